The number of carbonyl (C=O) groups is 1. The number of hydrogen-bond donors (Lipinski definition) is 1. The van der Waals surface area contributed by atoms with Crippen molar-refractivity contribution in [3.8, 4) is 0 Å². The number of non-ortho nitro benzene ring substituents is 1. The highest BCUT2D eigenvalue weighted by atomic mass is 32.2. The molecule has 0 aliphatic carbocycles. The van der Waals surface area contributed by atoms with Crippen LogP contribution < -0.4 is 10.2 Å². The molecule has 0 saturated heterocycles. The average molecular weight is 436 g/mol. The fourth-order valence-electron chi connectivity index (χ4n) is 2.86. The van der Waals surface area contributed by atoms with Crippen molar-refractivity contribution in [2.24, 2.45) is 0 Å². The van der Waals surface area contributed by atoms with Gasteiger partial charge in [-0.05, 0) is 56.7 Å². The molecular formula is C20H25N3O6S. The van der Waals surface area contributed by atoms with Crippen LogP contribution in [0.3, 0.4) is 0 Å². The number of rotatable bonds is 9. The van der Waals surface area contributed by atoms with Gasteiger partial charge in [-0.1, -0.05) is 0 Å². The van der Waals surface area contributed by atoms with E-state index in [0.717, 1.165) is 48.6 Å². The first kappa shape index (κ1) is 23.1. The van der Waals surface area contributed by atoms with Crippen molar-refractivity contribution in [1.82, 2.24) is 0 Å². The second-order valence-corrected chi connectivity index (χ2v) is 8.61. The molecule has 30 heavy (non-hydrogen) atoms. The normalized spacial score (nSPS) is 11.0. The number of carbonyl (C=O) groups excluding carboxylic acids is 1. The maximum absolute atomic E-state index is 12.3. The zero-order valence-corrected chi connectivity index (χ0v) is 17.9. The predicted octanol–water partition coefficient (Wildman–Crippen LogP) is 3.77. The number of hydrogen-bond acceptors (Lipinski definition) is 7. The molecule has 0 aliphatic heterocycles. The highest BCUT2D eigenvalue weighted by molar-refractivity contribution is 7.91. The minimum absolute atomic E-state index is 0.0695. The topological polar surface area (TPSA) is 119 Å². The fourth-order valence-corrected chi connectivity index (χ4v) is 3.95. The van der Waals surface area contributed by atoms with E-state index < -0.39 is 26.6 Å². The van der Waals surface area contributed by atoms with Crippen LogP contribution in [0.1, 0.15) is 19.4 Å². The van der Waals surface area contributed by atoms with Gasteiger partial charge in [0.05, 0.1) is 15.6 Å². The Labute approximate surface area is 175 Å². The summed E-state index contributed by atoms with van der Waals surface area (Å²) in [6.07, 6.45) is -0.757. The van der Waals surface area contributed by atoms with Crippen molar-refractivity contribution in [2.45, 2.75) is 25.7 Å². The summed E-state index contributed by atoms with van der Waals surface area (Å²) in [6.45, 7) is 7.38. The second-order valence-electron chi connectivity index (χ2n) is 6.50. The van der Waals surface area contributed by atoms with E-state index in [1.807, 2.05) is 19.1 Å². The Hall–Kier alpha value is -3.14. The van der Waals surface area contributed by atoms with E-state index in [2.05, 4.69) is 24.1 Å². The summed E-state index contributed by atoms with van der Waals surface area (Å²) in [7, 11) is -3.73. The lowest BCUT2D eigenvalue weighted by Gasteiger charge is -2.22. The maximum atomic E-state index is 12.3. The molecule has 0 spiro atoms. The van der Waals surface area contributed by atoms with Crippen LogP contribution in [0.4, 0.5) is 21.9 Å². The van der Waals surface area contributed by atoms with Crippen LogP contribution in [-0.4, -0.2) is 44.9 Å². The van der Waals surface area contributed by atoms with Gasteiger partial charge >= 0.3 is 6.09 Å². The molecule has 0 heterocycles. The van der Waals surface area contributed by atoms with E-state index in [1.165, 1.54) is 0 Å². The van der Waals surface area contributed by atoms with Gasteiger partial charge in [0, 0.05) is 36.6 Å². The van der Waals surface area contributed by atoms with Gasteiger partial charge in [0.25, 0.3) is 5.69 Å². The van der Waals surface area contributed by atoms with Gasteiger partial charge < -0.3 is 9.64 Å². The molecule has 2 rings (SSSR count). The van der Waals surface area contributed by atoms with E-state index in [-0.39, 0.29) is 17.2 Å². The molecule has 2 aromatic rings. The Morgan fingerprint density at radius 2 is 1.77 bits per heavy atom. The third-order valence-corrected chi connectivity index (χ3v) is 6.26. The molecule has 0 unspecified atom stereocenters. The van der Waals surface area contributed by atoms with E-state index in [1.54, 1.807) is 6.07 Å². The number of amides is 1. The molecule has 0 fully saturated rings. The molecule has 0 aromatic heterocycles. The molecule has 1 amide bonds. The third-order valence-electron chi connectivity index (χ3n) is 4.57. The lowest BCUT2D eigenvalue weighted by Crippen LogP contribution is -2.22. The minimum Gasteiger partial charge on any atom is -0.448 e. The van der Waals surface area contributed by atoms with Crippen LogP contribution in [0.15, 0.2) is 47.4 Å². The van der Waals surface area contributed by atoms with Crippen LogP contribution in [0.2, 0.25) is 0 Å². The predicted molar refractivity (Wildman–Crippen MR) is 115 cm³/mol. The third kappa shape index (κ3) is 5.93. The minimum atomic E-state index is -3.73. The summed E-state index contributed by atoms with van der Waals surface area (Å²) in [5, 5.41) is 13.3. The molecule has 0 radical (unpaired) electrons. The number of nitrogens with zero attached hydrogens (tertiary/aromatic N) is 2. The van der Waals surface area contributed by atoms with Crippen LogP contribution >= 0.6 is 0 Å². The Morgan fingerprint density at radius 1 is 1.13 bits per heavy atom. The van der Waals surface area contributed by atoms with E-state index in [9.17, 15) is 23.3 Å². The summed E-state index contributed by atoms with van der Waals surface area (Å²) < 4.78 is 29.6. The number of anilines is 2. The molecule has 0 atom stereocenters. The Balaban J connectivity index is 1.92. The number of nitro benzene ring substituents is 1. The number of nitrogens with one attached hydrogen (secondary N) is 1. The van der Waals surface area contributed by atoms with E-state index in [4.69, 9.17) is 4.74 Å². The molecule has 0 saturated carbocycles. The van der Waals surface area contributed by atoms with Gasteiger partial charge in [-0.25, -0.2) is 13.2 Å². The van der Waals surface area contributed by atoms with Crippen molar-refractivity contribution in [1.29, 1.82) is 0 Å². The van der Waals surface area contributed by atoms with Crippen molar-refractivity contribution in [3.63, 3.8) is 0 Å². The van der Waals surface area contributed by atoms with Crippen LogP contribution in [0.25, 0.3) is 0 Å². The molecule has 9 nitrogen and oxygen atoms in total. The average Bonchev–Trinajstić information content (AvgIpc) is 2.71. The van der Waals surface area contributed by atoms with E-state index in [0.29, 0.717) is 5.69 Å². The number of nitro groups is 1. The van der Waals surface area contributed by atoms with Crippen LogP contribution in [0, 0.1) is 17.0 Å². The molecule has 0 aliphatic rings. The zero-order chi connectivity index (χ0) is 22.3. The molecule has 162 valence electrons. The van der Waals surface area contributed by atoms with Crippen LogP contribution in [0.5, 0.6) is 0 Å². The van der Waals surface area contributed by atoms with Gasteiger partial charge in [0.2, 0.25) is 0 Å². The van der Waals surface area contributed by atoms with E-state index >= 15 is 0 Å². The number of benzene rings is 2. The largest absolute Gasteiger partial charge is 0.448 e. The molecular weight excluding hydrogens is 410 g/mol. The first-order valence-corrected chi connectivity index (χ1v) is 11.1. The molecule has 1 N–H and O–H groups in total. The van der Waals surface area contributed by atoms with Gasteiger partial charge in [0.1, 0.15) is 6.61 Å². The molecule has 0 bridgehead atoms. The van der Waals surface area contributed by atoms with Crippen LogP contribution in [-0.2, 0) is 14.6 Å². The first-order valence-electron chi connectivity index (χ1n) is 9.44. The number of aryl methyl sites for hydroxylation is 1. The standard InChI is InChI=1S/C20H25N3O6S/c1-4-22(5-2)17-8-11-19(15(3)14-17)21-20(24)29-12-13-30(27,28)18-9-6-16(7-10-18)23(25)26/h6-11,14H,4-5,12-13H2,1-3H3,(H,21,24). The van der Waals surface area contributed by atoms with Gasteiger partial charge in [-0.3, -0.25) is 15.4 Å². The quantitative estimate of drug-likeness (QED) is 0.470. The van der Waals surface area contributed by atoms with Gasteiger partial charge in [0.15, 0.2) is 9.84 Å². The fraction of sp³-hybridized carbons (Fsp3) is 0.350. The summed E-state index contributed by atoms with van der Waals surface area (Å²) >= 11 is 0. The number of ether oxygens (including phenoxy) is 1. The molecule has 10 heteroatoms. The Bertz CT molecular complexity index is 1000. The summed E-state index contributed by atoms with van der Waals surface area (Å²) in [5.74, 6) is -0.432. The lowest BCUT2D eigenvalue weighted by atomic mass is 10.1. The first-order chi connectivity index (χ1) is 14.2. The summed E-state index contributed by atoms with van der Waals surface area (Å²) in [6, 6.07) is 10.2. The zero-order valence-electron chi connectivity index (χ0n) is 17.1. The SMILES string of the molecule is CCN(CC)c1ccc(NC(=O)OCCS(=O)(=O)c2ccc([N+](=O)[O-])cc2)c(C)c1. The number of sulfone groups is 1. The molecule has 2 aromatic carbocycles. The highest BCUT2D eigenvalue weighted by Crippen LogP contribution is 2.23. The van der Waals surface area contributed by atoms with Crippen molar-refractivity contribution >= 4 is 33.0 Å². The van der Waals surface area contributed by atoms with Crippen molar-refractivity contribution < 1.29 is 22.9 Å². The Kier molecular flexibility index (Phi) is 7.76. The summed E-state index contributed by atoms with van der Waals surface area (Å²) in [5.41, 5.74) is 2.28. The highest BCUT2D eigenvalue weighted by Gasteiger charge is 2.17. The maximum Gasteiger partial charge on any atom is 0.411 e. The lowest BCUT2D eigenvalue weighted by molar-refractivity contribution is -0.384. The second kappa shape index (κ2) is 10.1. The monoisotopic (exact) mass is 435 g/mol. The van der Waals surface area contributed by atoms with Gasteiger partial charge in [-0.15, -0.1) is 0 Å². The van der Waals surface area contributed by atoms with Gasteiger partial charge in [-0.2, -0.15) is 0 Å². The van der Waals surface area contributed by atoms with Crippen molar-refractivity contribution in [2.75, 3.05) is 35.7 Å². The summed E-state index contributed by atoms with van der Waals surface area (Å²) in [4.78, 5) is 24.2. The smallest absolute Gasteiger partial charge is 0.411 e. The Morgan fingerprint density at radius 3 is 2.30 bits per heavy atom. The van der Waals surface area contributed by atoms with Crippen molar-refractivity contribution in [3.05, 3.63) is 58.1 Å².